The van der Waals surface area contributed by atoms with E-state index >= 15 is 0 Å². The maximum absolute atomic E-state index is 6.32. The first-order valence-electron chi connectivity index (χ1n) is 6.91. The van der Waals surface area contributed by atoms with Crippen molar-refractivity contribution in [3.8, 4) is 5.75 Å². The fourth-order valence-corrected chi connectivity index (χ4v) is 3.39. The molecule has 0 saturated carbocycles. The molecule has 1 unspecified atom stereocenters. The van der Waals surface area contributed by atoms with Crippen LogP contribution in [-0.2, 0) is 12.8 Å². The number of nitrogens with one attached hydrogen (secondary N) is 1. The van der Waals surface area contributed by atoms with Gasteiger partial charge in [-0.1, -0.05) is 17.7 Å². The first kappa shape index (κ1) is 12.3. The average Bonchev–Trinajstić information content (AvgIpc) is 2.72. The van der Waals surface area contributed by atoms with Gasteiger partial charge in [0.1, 0.15) is 11.9 Å². The molecule has 0 radical (unpaired) electrons. The molecule has 0 bridgehead atoms. The van der Waals surface area contributed by atoms with E-state index in [9.17, 15) is 0 Å². The number of piperidine rings is 1. The van der Waals surface area contributed by atoms with Crippen molar-refractivity contribution in [2.45, 2.75) is 38.7 Å². The zero-order valence-electron chi connectivity index (χ0n) is 10.8. The van der Waals surface area contributed by atoms with Gasteiger partial charge in [0.25, 0.3) is 0 Å². The van der Waals surface area contributed by atoms with E-state index in [1.54, 1.807) is 0 Å². The van der Waals surface area contributed by atoms with Crippen LogP contribution in [0.4, 0.5) is 0 Å². The van der Waals surface area contributed by atoms with Gasteiger partial charge in [0.2, 0.25) is 0 Å². The number of ether oxygens (including phenoxy) is 1. The van der Waals surface area contributed by atoms with Crippen LogP contribution >= 0.6 is 11.6 Å². The molecule has 0 amide bonds. The van der Waals surface area contributed by atoms with Crippen LogP contribution in [0.15, 0.2) is 12.1 Å². The van der Waals surface area contributed by atoms with Gasteiger partial charge in [-0.05, 0) is 62.4 Å². The van der Waals surface area contributed by atoms with Gasteiger partial charge in [-0.2, -0.15) is 0 Å². The van der Waals surface area contributed by atoms with Crippen LogP contribution in [0.1, 0.15) is 30.9 Å². The second kappa shape index (κ2) is 5.10. The lowest BCUT2D eigenvalue weighted by Crippen LogP contribution is -2.28. The van der Waals surface area contributed by atoms with Gasteiger partial charge in [-0.15, -0.1) is 0 Å². The van der Waals surface area contributed by atoms with Crippen LogP contribution in [0.3, 0.4) is 0 Å². The zero-order chi connectivity index (χ0) is 12.5. The maximum Gasteiger partial charge on any atom is 0.141 e. The number of rotatable bonds is 2. The lowest BCUT2D eigenvalue weighted by molar-refractivity contribution is 0.255. The smallest absolute Gasteiger partial charge is 0.141 e. The minimum Gasteiger partial charge on any atom is -0.489 e. The molecule has 3 rings (SSSR count). The monoisotopic (exact) mass is 265 g/mol. The SMILES string of the molecule is CC1Cc2cc(CC3CCNCC3)cc(Cl)c2O1. The highest BCUT2D eigenvalue weighted by Crippen LogP contribution is 2.37. The predicted molar refractivity (Wildman–Crippen MR) is 74.5 cm³/mol. The topological polar surface area (TPSA) is 21.3 Å². The summed E-state index contributed by atoms with van der Waals surface area (Å²) in [4.78, 5) is 0. The Labute approximate surface area is 114 Å². The van der Waals surface area contributed by atoms with Crippen LogP contribution in [0.5, 0.6) is 5.75 Å². The molecule has 1 fully saturated rings. The number of hydrogen-bond acceptors (Lipinski definition) is 2. The highest BCUT2D eigenvalue weighted by atomic mass is 35.5. The number of halogens is 1. The van der Waals surface area contributed by atoms with Gasteiger partial charge in [-0.25, -0.2) is 0 Å². The van der Waals surface area contributed by atoms with E-state index in [4.69, 9.17) is 16.3 Å². The highest BCUT2D eigenvalue weighted by Gasteiger charge is 2.23. The Morgan fingerprint density at radius 3 is 2.89 bits per heavy atom. The van der Waals surface area contributed by atoms with Crippen molar-refractivity contribution < 1.29 is 4.74 Å². The van der Waals surface area contributed by atoms with E-state index in [2.05, 4.69) is 24.4 Å². The molecule has 0 aliphatic carbocycles. The standard InChI is InChI=1S/C15H20ClNO/c1-10-6-13-8-12(9-14(16)15(13)18-10)7-11-2-4-17-5-3-11/h8-11,17H,2-7H2,1H3. The first-order valence-corrected chi connectivity index (χ1v) is 7.29. The van der Waals surface area contributed by atoms with Crippen molar-refractivity contribution in [3.05, 3.63) is 28.3 Å². The fraction of sp³-hybridized carbons (Fsp3) is 0.600. The number of fused-ring (bicyclic) bond motifs is 1. The summed E-state index contributed by atoms with van der Waals surface area (Å²) < 4.78 is 5.74. The maximum atomic E-state index is 6.32. The normalized spacial score (nSPS) is 23.8. The molecule has 1 N–H and O–H groups in total. The van der Waals surface area contributed by atoms with Crippen LogP contribution in [0.2, 0.25) is 5.02 Å². The summed E-state index contributed by atoms with van der Waals surface area (Å²) in [6.45, 7) is 4.41. The largest absolute Gasteiger partial charge is 0.489 e. The van der Waals surface area contributed by atoms with E-state index in [1.165, 1.54) is 24.0 Å². The van der Waals surface area contributed by atoms with Gasteiger partial charge >= 0.3 is 0 Å². The van der Waals surface area contributed by atoms with Gasteiger partial charge in [0.15, 0.2) is 0 Å². The lowest BCUT2D eigenvalue weighted by Gasteiger charge is -2.22. The molecule has 1 atom stereocenters. The molecule has 18 heavy (non-hydrogen) atoms. The molecule has 3 heteroatoms. The molecule has 2 heterocycles. The van der Waals surface area contributed by atoms with E-state index in [0.29, 0.717) is 0 Å². The highest BCUT2D eigenvalue weighted by molar-refractivity contribution is 6.32. The Hall–Kier alpha value is -0.730. The summed E-state index contributed by atoms with van der Waals surface area (Å²) in [5.74, 6) is 1.72. The van der Waals surface area contributed by atoms with Crippen molar-refractivity contribution in [1.82, 2.24) is 5.32 Å². The quantitative estimate of drug-likeness (QED) is 0.887. The molecule has 2 aliphatic rings. The van der Waals surface area contributed by atoms with Crippen LogP contribution in [0, 0.1) is 5.92 Å². The zero-order valence-corrected chi connectivity index (χ0v) is 11.6. The summed E-state index contributed by atoms with van der Waals surface area (Å²) in [6.07, 6.45) is 4.98. The Kier molecular flexibility index (Phi) is 3.49. The van der Waals surface area contributed by atoms with Gasteiger partial charge in [0.05, 0.1) is 5.02 Å². The van der Waals surface area contributed by atoms with Crippen molar-refractivity contribution in [2.75, 3.05) is 13.1 Å². The summed E-state index contributed by atoms with van der Waals surface area (Å²) in [6, 6.07) is 4.40. The Morgan fingerprint density at radius 1 is 1.33 bits per heavy atom. The molecular weight excluding hydrogens is 246 g/mol. The van der Waals surface area contributed by atoms with Gasteiger partial charge in [-0.3, -0.25) is 0 Å². The molecule has 1 aromatic rings. The molecule has 1 aromatic carbocycles. The molecular formula is C15H20ClNO. The Morgan fingerprint density at radius 2 is 2.11 bits per heavy atom. The summed E-state index contributed by atoms with van der Waals surface area (Å²) in [5.41, 5.74) is 2.67. The molecule has 2 nitrogen and oxygen atoms in total. The van der Waals surface area contributed by atoms with E-state index < -0.39 is 0 Å². The summed E-state index contributed by atoms with van der Waals surface area (Å²) in [7, 11) is 0. The average molecular weight is 266 g/mol. The third kappa shape index (κ3) is 2.50. The summed E-state index contributed by atoms with van der Waals surface area (Å²) in [5, 5.41) is 4.21. The summed E-state index contributed by atoms with van der Waals surface area (Å²) >= 11 is 6.32. The third-order valence-electron chi connectivity index (χ3n) is 3.99. The van der Waals surface area contributed by atoms with Crippen LogP contribution in [-0.4, -0.2) is 19.2 Å². The Balaban J connectivity index is 1.77. The molecule has 0 aromatic heterocycles. The molecule has 2 aliphatic heterocycles. The minimum absolute atomic E-state index is 0.270. The molecule has 0 spiro atoms. The van der Waals surface area contributed by atoms with E-state index in [-0.39, 0.29) is 6.10 Å². The third-order valence-corrected chi connectivity index (χ3v) is 4.27. The second-order valence-electron chi connectivity index (χ2n) is 5.60. The fourth-order valence-electron chi connectivity index (χ4n) is 3.09. The van der Waals surface area contributed by atoms with Crippen molar-refractivity contribution in [2.24, 2.45) is 5.92 Å². The van der Waals surface area contributed by atoms with Crippen LogP contribution in [0.25, 0.3) is 0 Å². The second-order valence-corrected chi connectivity index (χ2v) is 6.00. The molecule has 1 saturated heterocycles. The van der Waals surface area contributed by atoms with Crippen molar-refractivity contribution in [1.29, 1.82) is 0 Å². The molecule has 98 valence electrons. The van der Waals surface area contributed by atoms with E-state index in [0.717, 1.165) is 42.6 Å². The van der Waals surface area contributed by atoms with E-state index in [1.807, 2.05) is 0 Å². The minimum atomic E-state index is 0.270. The lowest BCUT2D eigenvalue weighted by atomic mass is 9.90. The Bertz CT molecular complexity index is 440. The number of hydrogen-bond donors (Lipinski definition) is 1. The van der Waals surface area contributed by atoms with Crippen molar-refractivity contribution >= 4 is 11.6 Å². The van der Waals surface area contributed by atoms with Gasteiger partial charge in [0, 0.05) is 6.42 Å². The number of benzene rings is 1. The van der Waals surface area contributed by atoms with Crippen LogP contribution < -0.4 is 10.1 Å². The first-order chi connectivity index (χ1) is 8.72. The predicted octanol–water partition coefficient (Wildman–Crippen LogP) is 3.21. The van der Waals surface area contributed by atoms with Gasteiger partial charge < -0.3 is 10.1 Å². The van der Waals surface area contributed by atoms with Crippen molar-refractivity contribution in [3.63, 3.8) is 0 Å².